The van der Waals surface area contributed by atoms with Crippen molar-refractivity contribution in [3.8, 4) is 11.1 Å². The van der Waals surface area contributed by atoms with Crippen molar-refractivity contribution in [3.05, 3.63) is 71.6 Å². The lowest BCUT2D eigenvalue weighted by atomic mass is 10.0. The van der Waals surface area contributed by atoms with Crippen LogP contribution in [-0.4, -0.2) is 26.1 Å². The number of amides is 1. The second kappa shape index (κ2) is 7.95. The van der Waals surface area contributed by atoms with Crippen LogP contribution in [0.1, 0.15) is 35.6 Å². The van der Waals surface area contributed by atoms with Gasteiger partial charge < -0.3 is 5.32 Å². The Bertz CT molecular complexity index is 1360. The van der Waals surface area contributed by atoms with E-state index in [0.717, 1.165) is 41.7 Å². The van der Waals surface area contributed by atoms with Crippen LogP contribution in [0.3, 0.4) is 0 Å². The molecule has 0 spiro atoms. The largest absolute Gasteiger partial charge is 0.417 e. The van der Waals surface area contributed by atoms with E-state index in [0.29, 0.717) is 23.3 Å². The number of hydrogen-bond donors (Lipinski definition) is 2. The zero-order valence-electron chi connectivity index (χ0n) is 17.1. The van der Waals surface area contributed by atoms with Crippen LogP contribution in [0.4, 0.5) is 23.2 Å². The van der Waals surface area contributed by atoms with Crippen molar-refractivity contribution in [2.75, 3.05) is 5.32 Å². The molecule has 1 aliphatic carbocycles. The molecule has 0 unspecified atom stereocenters. The average Bonchev–Trinajstić information content (AvgIpc) is 3.53. The third-order valence-electron chi connectivity index (χ3n) is 5.50. The number of fused-ring (bicyclic) bond motifs is 1. The number of H-pyrrole nitrogens is 1. The summed E-state index contributed by atoms with van der Waals surface area (Å²) >= 11 is 0. The normalized spacial score (nSPS) is 13.9. The number of alkyl halides is 3. The summed E-state index contributed by atoms with van der Waals surface area (Å²) in [5.74, 6) is -0.821. The quantitative estimate of drug-likeness (QED) is 0.404. The molecule has 0 saturated heterocycles. The van der Waals surface area contributed by atoms with Crippen LogP contribution in [0.5, 0.6) is 0 Å². The average molecular weight is 455 g/mol. The number of anilines is 1. The Labute approximate surface area is 185 Å². The first-order chi connectivity index (χ1) is 15.8. The summed E-state index contributed by atoms with van der Waals surface area (Å²) < 4.78 is 53.2. The number of benzene rings is 1. The zero-order valence-corrected chi connectivity index (χ0v) is 17.1. The summed E-state index contributed by atoms with van der Waals surface area (Å²) in [6.45, 7) is 0. The molecule has 4 aromatic rings. The summed E-state index contributed by atoms with van der Waals surface area (Å²) in [7, 11) is 0. The molecule has 0 aliphatic heterocycles. The molecule has 0 atom stereocenters. The highest BCUT2D eigenvalue weighted by atomic mass is 19.4. The molecule has 10 heteroatoms. The van der Waals surface area contributed by atoms with Crippen molar-refractivity contribution in [2.24, 2.45) is 0 Å². The molecule has 2 N–H and O–H groups in total. The molecule has 0 bridgehead atoms. The van der Waals surface area contributed by atoms with Gasteiger partial charge in [0.15, 0.2) is 5.65 Å². The van der Waals surface area contributed by atoms with E-state index < -0.39 is 23.5 Å². The smallest absolute Gasteiger partial charge is 0.324 e. The first-order valence-electron chi connectivity index (χ1n) is 10.2. The minimum Gasteiger partial charge on any atom is -0.324 e. The number of pyridine rings is 2. The summed E-state index contributed by atoms with van der Waals surface area (Å²) in [6, 6.07) is 7.17. The summed E-state index contributed by atoms with van der Waals surface area (Å²) in [5.41, 5.74) is 1.98. The minimum atomic E-state index is -4.58. The molecule has 1 aliphatic rings. The van der Waals surface area contributed by atoms with Gasteiger partial charge in [0.1, 0.15) is 5.82 Å². The fourth-order valence-electron chi connectivity index (χ4n) is 3.66. The van der Waals surface area contributed by atoms with Gasteiger partial charge in [-0.05, 0) is 42.2 Å². The number of carbonyl (C=O) groups excluding carboxylic acids is 1. The molecule has 3 heterocycles. The number of nitrogens with zero attached hydrogens (tertiary/aromatic N) is 3. The molecular weight excluding hydrogens is 438 g/mol. The Morgan fingerprint density at radius 3 is 2.64 bits per heavy atom. The molecule has 1 amide bonds. The number of carbonyl (C=O) groups is 1. The second-order valence-electron chi connectivity index (χ2n) is 7.99. The lowest BCUT2D eigenvalue weighted by molar-refractivity contribution is -0.137. The van der Waals surface area contributed by atoms with Crippen molar-refractivity contribution in [1.82, 2.24) is 20.2 Å². The predicted octanol–water partition coefficient (Wildman–Crippen LogP) is 5.24. The van der Waals surface area contributed by atoms with E-state index in [2.05, 4.69) is 25.5 Å². The monoisotopic (exact) mass is 455 g/mol. The number of halogens is 4. The second-order valence-corrected chi connectivity index (χ2v) is 7.99. The van der Waals surface area contributed by atoms with Crippen LogP contribution in [0.2, 0.25) is 0 Å². The number of rotatable bonds is 5. The SMILES string of the molecule is O=C(Cc1ccc(-c2cnc3[nH]nc(C4CC4)c3c2)cc1F)Nc1cncc(C(F)(F)F)c1. The van der Waals surface area contributed by atoms with Crippen molar-refractivity contribution in [2.45, 2.75) is 31.4 Å². The van der Waals surface area contributed by atoms with Crippen LogP contribution >= 0.6 is 0 Å². The maximum Gasteiger partial charge on any atom is 0.417 e. The third kappa shape index (κ3) is 4.41. The molecular formula is C23H17F4N5O. The Morgan fingerprint density at radius 2 is 1.91 bits per heavy atom. The maximum absolute atomic E-state index is 14.7. The highest BCUT2D eigenvalue weighted by Gasteiger charge is 2.31. The third-order valence-corrected chi connectivity index (χ3v) is 5.50. The van der Waals surface area contributed by atoms with E-state index in [1.165, 1.54) is 12.1 Å². The van der Waals surface area contributed by atoms with Gasteiger partial charge in [0.25, 0.3) is 0 Å². The number of aromatic nitrogens is 4. The molecule has 1 fully saturated rings. The summed E-state index contributed by atoms with van der Waals surface area (Å²) in [5, 5.41) is 10.5. The molecule has 1 saturated carbocycles. The first kappa shape index (κ1) is 21.0. The number of nitrogens with one attached hydrogen (secondary N) is 2. The van der Waals surface area contributed by atoms with E-state index in [-0.39, 0.29) is 17.7 Å². The predicted molar refractivity (Wildman–Crippen MR) is 113 cm³/mol. The van der Waals surface area contributed by atoms with Gasteiger partial charge in [-0.2, -0.15) is 18.3 Å². The topological polar surface area (TPSA) is 83.6 Å². The Morgan fingerprint density at radius 1 is 1.09 bits per heavy atom. The van der Waals surface area contributed by atoms with Crippen molar-refractivity contribution in [1.29, 1.82) is 0 Å². The highest BCUT2D eigenvalue weighted by Crippen LogP contribution is 2.42. The van der Waals surface area contributed by atoms with Gasteiger partial charge in [0.05, 0.1) is 29.6 Å². The van der Waals surface area contributed by atoms with Crippen LogP contribution < -0.4 is 5.32 Å². The molecule has 1 aromatic carbocycles. The van der Waals surface area contributed by atoms with Gasteiger partial charge in [-0.3, -0.25) is 14.9 Å². The lowest BCUT2D eigenvalue weighted by Gasteiger charge is -2.10. The molecule has 6 nitrogen and oxygen atoms in total. The maximum atomic E-state index is 14.7. The number of hydrogen-bond acceptors (Lipinski definition) is 4. The Kier molecular flexibility index (Phi) is 5.07. The molecule has 33 heavy (non-hydrogen) atoms. The van der Waals surface area contributed by atoms with Crippen LogP contribution in [0.15, 0.2) is 48.9 Å². The highest BCUT2D eigenvalue weighted by molar-refractivity contribution is 5.92. The Hall–Kier alpha value is -3.82. The van der Waals surface area contributed by atoms with E-state index in [1.807, 2.05) is 6.07 Å². The first-order valence-corrected chi connectivity index (χ1v) is 10.2. The van der Waals surface area contributed by atoms with Crippen molar-refractivity contribution in [3.63, 3.8) is 0 Å². The van der Waals surface area contributed by atoms with E-state index in [9.17, 15) is 22.4 Å². The van der Waals surface area contributed by atoms with Gasteiger partial charge in [-0.15, -0.1) is 0 Å². The Balaban J connectivity index is 1.33. The van der Waals surface area contributed by atoms with Crippen LogP contribution in [0, 0.1) is 5.82 Å². The van der Waals surface area contributed by atoms with Gasteiger partial charge in [0, 0.05) is 29.3 Å². The fraction of sp³-hybridized carbons (Fsp3) is 0.217. The summed E-state index contributed by atoms with van der Waals surface area (Å²) in [4.78, 5) is 20.1. The van der Waals surface area contributed by atoms with Gasteiger partial charge >= 0.3 is 6.18 Å². The fourth-order valence-corrected chi connectivity index (χ4v) is 3.66. The van der Waals surface area contributed by atoms with Crippen molar-refractivity contribution >= 4 is 22.6 Å². The van der Waals surface area contributed by atoms with E-state index in [4.69, 9.17) is 0 Å². The molecule has 3 aromatic heterocycles. The van der Waals surface area contributed by atoms with Crippen LogP contribution in [-0.2, 0) is 17.4 Å². The van der Waals surface area contributed by atoms with E-state index in [1.54, 1.807) is 12.3 Å². The molecule has 0 radical (unpaired) electrons. The van der Waals surface area contributed by atoms with Gasteiger partial charge in [-0.25, -0.2) is 9.37 Å². The standard InChI is InChI=1S/C23H17F4N5O/c24-19-6-13(15-5-18-21(12-1-2-12)31-32-22(18)29-9-15)3-4-14(19)7-20(33)30-17-8-16(10-28-11-17)23(25,26)27/h3-6,8-12H,1-2,7H2,(H,30,33)(H,29,31,32). The summed E-state index contributed by atoms with van der Waals surface area (Å²) in [6.07, 6.45) is 0.646. The lowest BCUT2D eigenvalue weighted by Crippen LogP contribution is -2.16. The van der Waals surface area contributed by atoms with E-state index >= 15 is 0 Å². The molecule has 168 valence electrons. The zero-order chi connectivity index (χ0) is 23.2. The van der Waals surface area contributed by atoms with Crippen LogP contribution in [0.25, 0.3) is 22.2 Å². The van der Waals surface area contributed by atoms with Gasteiger partial charge in [0.2, 0.25) is 5.91 Å². The molecule has 5 rings (SSSR count). The van der Waals surface area contributed by atoms with Crippen molar-refractivity contribution < 1.29 is 22.4 Å². The van der Waals surface area contributed by atoms with Gasteiger partial charge in [-0.1, -0.05) is 12.1 Å². The minimum absolute atomic E-state index is 0.113. The number of aromatic amines is 1.